The maximum absolute atomic E-state index is 10.7. The molecule has 0 spiro atoms. The predicted molar refractivity (Wildman–Crippen MR) is 53.2 cm³/mol. The van der Waals surface area contributed by atoms with E-state index in [9.17, 15) is 8.42 Å². The van der Waals surface area contributed by atoms with Gasteiger partial charge in [-0.05, 0) is 24.1 Å². The van der Waals surface area contributed by atoms with Crippen molar-refractivity contribution in [1.82, 2.24) is 0 Å². The Morgan fingerprint density at radius 1 is 1.38 bits per heavy atom. The summed E-state index contributed by atoms with van der Waals surface area (Å²) in [5.41, 5.74) is 0.595. The lowest BCUT2D eigenvalue weighted by molar-refractivity contribution is 0.611. The molecule has 1 rings (SSSR count). The van der Waals surface area contributed by atoms with E-state index in [4.69, 9.17) is 11.6 Å². The largest absolute Gasteiger partial charge is 0.216 e. The van der Waals surface area contributed by atoms with Crippen LogP contribution in [0.5, 0.6) is 0 Å². The summed E-state index contributed by atoms with van der Waals surface area (Å²) in [5, 5.41) is 2.67. The summed E-state index contributed by atoms with van der Waals surface area (Å²) < 4.78 is 21.4. The van der Waals surface area contributed by atoms with Crippen LogP contribution < -0.4 is 0 Å². The normalized spacial score (nSPS) is 10.3. The Hall–Kier alpha value is -0.980. The first-order chi connectivity index (χ1) is 5.97. The van der Waals surface area contributed by atoms with Gasteiger partial charge >= 0.3 is 0 Å². The SMILES string of the molecule is CS(=O)(=O)C#Cc1cccc(Cl)c1. The third-order valence-electron chi connectivity index (χ3n) is 1.21. The van der Waals surface area contributed by atoms with E-state index in [-0.39, 0.29) is 0 Å². The monoisotopic (exact) mass is 214 g/mol. The first-order valence-electron chi connectivity index (χ1n) is 3.46. The van der Waals surface area contributed by atoms with Crippen molar-refractivity contribution in [3.8, 4) is 11.2 Å². The van der Waals surface area contributed by atoms with Gasteiger partial charge in [0.15, 0.2) is 0 Å². The van der Waals surface area contributed by atoms with Crippen molar-refractivity contribution in [3.63, 3.8) is 0 Å². The molecule has 0 radical (unpaired) electrons. The van der Waals surface area contributed by atoms with Crippen LogP contribution in [0.3, 0.4) is 0 Å². The quantitative estimate of drug-likeness (QED) is 0.616. The van der Waals surface area contributed by atoms with Crippen LogP contribution in [0, 0.1) is 11.2 Å². The zero-order valence-corrected chi connectivity index (χ0v) is 8.48. The van der Waals surface area contributed by atoms with E-state index in [0.29, 0.717) is 10.6 Å². The Balaban J connectivity index is 3.04. The van der Waals surface area contributed by atoms with Gasteiger partial charge in [0.1, 0.15) is 0 Å². The molecule has 0 saturated carbocycles. The molecule has 1 aromatic rings. The van der Waals surface area contributed by atoms with E-state index >= 15 is 0 Å². The molecule has 0 aromatic heterocycles. The van der Waals surface area contributed by atoms with E-state index in [2.05, 4.69) is 11.2 Å². The van der Waals surface area contributed by atoms with E-state index in [1.165, 1.54) is 0 Å². The highest BCUT2D eigenvalue weighted by Gasteiger charge is 1.93. The van der Waals surface area contributed by atoms with Gasteiger partial charge in [0.25, 0.3) is 0 Å². The Kier molecular flexibility index (Phi) is 2.97. The van der Waals surface area contributed by atoms with Crippen LogP contribution in [0.2, 0.25) is 5.02 Å². The van der Waals surface area contributed by atoms with Gasteiger partial charge < -0.3 is 0 Å². The summed E-state index contributed by atoms with van der Waals surface area (Å²) in [4.78, 5) is 0. The highest BCUT2D eigenvalue weighted by Crippen LogP contribution is 2.09. The molecule has 0 bridgehead atoms. The minimum Gasteiger partial charge on any atom is -0.216 e. The van der Waals surface area contributed by atoms with Gasteiger partial charge in [-0.25, -0.2) is 8.42 Å². The number of hydrogen-bond donors (Lipinski definition) is 0. The molecular formula is C9H7ClO2S. The molecule has 0 aliphatic heterocycles. The molecule has 68 valence electrons. The highest BCUT2D eigenvalue weighted by molar-refractivity contribution is 7.95. The van der Waals surface area contributed by atoms with Crippen molar-refractivity contribution in [2.75, 3.05) is 6.26 Å². The molecule has 0 saturated heterocycles. The summed E-state index contributed by atoms with van der Waals surface area (Å²) >= 11 is 5.68. The van der Waals surface area contributed by atoms with Gasteiger partial charge in [0, 0.05) is 15.8 Å². The molecular weight excluding hydrogens is 208 g/mol. The van der Waals surface area contributed by atoms with Crippen molar-refractivity contribution < 1.29 is 8.42 Å². The molecule has 0 atom stereocenters. The molecule has 0 fully saturated rings. The van der Waals surface area contributed by atoms with Gasteiger partial charge in [-0.1, -0.05) is 17.7 Å². The number of benzene rings is 1. The number of sulfone groups is 1. The van der Waals surface area contributed by atoms with Gasteiger partial charge in [-0.2, -0.15) is 0 Å². The average molecular weight is 215 g/mol. The first-order valence-corrected chi connectivity index (χ1v) is 5.73. The maximum atomic E-state index is 10.7. The Morgan fingerprint density at radius 2 is 2.08 bits per heavy atom. The van der Waals surface area contributed by atoms with Crippen molar-refractivity contribution in [1.29, 1.82) is 0 Å². The Morgan fingerprint density at radius 3 is 2.62 bits per heavy atom. The molecule has 4 heteroatoms. The summed E-state index contributed by atoms with van der Waals surface area (Å²) in [6.45, 7) is 0. The van der Waals surface area contributed by atoms with Crippen LogP contribution in [0.4, 0.5) is 0 Å². The fourth-order valence-electron chi connectivity index (χ4n) is 0.718. The van der Waals surface area contributed by atoms with E-state index < -0.39 is 9.84 Å². The second-order valence-electron chi connectivity index (χ2n) is 2.51. The molecule has 0 heterocycles. The second-order valence-corrected chi connectivity index (χ2v) is 4.69. The standard InChI is InChI=1S/C9H7ClO2S/c1-13(11,12)6-5-8-3-2-4-9(10)7-8/h2-4,7H,1H3. The average Bonchev–Trinajstić information content (AvgIpc) is 2.00. The minimum atomic E-state index is -3.24. The first kappa shape index (κ1) is 10.1. The van der Waals surface area contributed by atoms with Crippen molar-refractivity contribution in [2.45, 2.75) is 0 Å². The lowest BCUT2D eigenvalue weighted by atomic mass is 10.2. The lowest BCUT2D eigenvalue weighted by Crippen LogP contribution is -1.88. The second kappa shape index (κ2) is 3.82. The molecule has 0 unspecified atom stereocenters. The zero-order valence-electron chi connectivity index (χ0n) is 6.91. The van der Waals surface area contributed by atoms with E-state index in [1.54, 1.807) is 24.3 Å². The summed E-state index contributed by atoms with van der Waals surface area (Å²) in [6, 6.07) is 6.73. The van der Waals surface area contributed by atoms with Gasteiger partial charge in [-0.15, -0.1) is 0 Å². The fourth-order valence-corrected chi connectivity index (χ4v) is 1.21. The van der Waals surface area contributed by atoms with Crippen LogP contribution in [0.1, 0.15) is 5.56 Å². The highest BCUT2D eigenvalue weighted by atomic mass is 35.5. The fraction of sp³-hybridized carbons (Fsp3) is 0.111. The molecule has 13 heavy (non-hydrogen) atoms. The zero-order chi connectivity index (χ0) is 9.90. The number of rotatable bonds is 0. The summed E-state index contributed by atoms with van der Waals surface area (Å²) in [5.74, 6) is 2.50. The number of hydrogen-bond acceptors (Lipinski definition) is 2. The van der Waals surface area contributed by atoms with Crippen molar-refractivity contribution in [2.24, 2.45) is 0 Å². The molecule has 0 amide bonds. The maximum Gasteiger partial charge on any atom is 0.214 e. The molecule has 0 aliphatic carbocycles. The predicted octanol–water partition coefficient (Wildman–Crippen LogP) is 1.69. The van der Waals surface area contributed by atoms with Crippen molar-refractivity contribution in [3.05, 3.63) is 34.9 Å². The van der Waals surface area contributed by atoms with Crippen LogP contribution in [-0.4, -0.2) is 14.7 Å². The molecule has 1 aromatic carbocycles. The van der Waals surface area contributed by atoms with Crippen LogP contribution >= 0.6 is 11.6 Å². The van der Waals surface area contributed by atoms with E-state index in [0.717, 1.165) is 6.26 Å². The van der Waals surface area contributed by atoms with Gasteiger partial charge in [0.2, 0.25) is 9.84 Å². The van der Waals surface area contributed by atoms with Gasteiger partial charge in [0.05, 0.1) is 6.26 Å². The molecule has 0 aliphatic rings. The Bertz CT molecular complexity index is 466. The molecule has 2 nitrogen and oxygen atoms in total. The smallest absolute Gasteiger partial charge is 0.214 e. The summed E-state index contributed by atoms with van der Waals surface area (Å²) in [7, 11) is -3.24. The minimum absolute atomic E-state index is 0.542. The molecule has 0 N–H and O–H groups in total. The topological polar surface area (TPSA) is 34.1 Å². The lowest BCUT2D eigenvalue weighted by Gasteiger charge is -1.89. The van der Waals surface area contributed by atoms with Crippen LogP contribution in [-0.2, 0) is 9.84 Å². The van der Waals surface area contributed by atoms with Crippen molar-refractivity contribution >= 4 is 21.4 Å². The van der Waals surface area contributed by atoms with Gasteiger partial charge in [-0.3, -0.25) is 0 Å². The third kappa shape index (κ3) is 3.97. The van der Waals surface area contributed by atoms with E-state index in [1.807, 2.05) is 0 Å². The Labute approximate surface area is 82.5 Å². The number of halogens is 1. The third-order valence-corrected chi connectivity index (χ3v) is 1.91. The van der Waals surface area contributed by atoms with Crippen LogP contribution in [0.25, 0.3) is 0 Å². The summed E-state index contributed by atoms with van der Waals surface area (Å²) in [6.07, 6.45) is 1.06. The van der Waals surface area contributed by atoms with Crippen LogP contribution in [0.15, 0.2) is 24.3 Å².